The van der Waals surface area contributed by atoms with Crippen molar-refractivity contribution in [2.24, 2.45) is 24.6 Å². The van der Waals surface area contributed by atoms with E-state index in [9.17, 15) is 13.2 Å². The van der Waals surface area contributed by atoms with Crippen LogP contribution in [0, 0.1) is 11.8 Å². The summed E-state index contributed by atoms with van der Waals surface area (Å²) in [7, 11) is 1.71. The van der Waals surface area contributed by atoms with Crippen molar-refractivity contribution < 1.29 is 13.2 Å². The first-order chi connectivity index (χ1) is 8.41. The van der Waals surface area contributed by atoms with E-state index in [2.05, 4.69) is 5.10 Å². The Kier molecular flexibility index (Phi) is 3.66. The number of nitrogens with zero attached hydrogens (tertiary/aromatic N) is 2. The summed E-state index contributed by atoms with van der Waals surface area (Å²) in [6.07, 6.45) is -0.389. The molecule has 1 aliphatic rings. The van der Waals surface area contributed by atoms with Crippen molar-refractivity contribution in [3.63, 3.8) is 0 Å². The van der Waals surface area contributed by atoms with Crippen molar-refractivity contribution >= 4 is 0 Å². The fraction of sp³-hybridized carbons (Fsp3) is 0.750. The molecule has 0 radical (unpaired) electrons. The third-order valence-electron chi connectivity index (χ3n) is 3.90. The van der Waals surface area contributed by atoms with Crippen LogP contribution in [0.2, 0.25) is 0 Å². The number of rotatable bonds is 2. The molecule has 18 heavy (non-hydrogen) atoms. The standard InChI is InChI=1S/C12H18F3N3/c1-18-10(6-7-17-18)11(16)8-4-2-3-5-9(8)12(13,14)15/h6-9,11H,2-5,16H2,1H3. The van der Waals surface area contributed by atoms with E-state index in [0.29, 0.717) is 18.5 Å². The third kappa shape index (κ3) is 2.53. The second-order valence-corrected chi connectivity index (χ2v) is 5.00. The minimum absolute atomic E-state index is 0.194. The Balaban J connectivity index is 2.22. The average Bonchev–Trinajstić information content (AvgIpc) is 2.73. The average molecular weight is 261 g/mol. The Hall–Kier alpha value is -1.04. The molecule has 1 saturated carbocycles. The zero-order valence-corrected chi connectivity index (χ0v) is 10.3. The van der Waals surface area contributed by atoms with Crippen molar-refractivity contribution in [2.75, 3.05) is 0 Å². The maximum absolute atomic E-state index is 13.0. The lowest BCUT2D eigenvalue weighted by atomic mass is 9.74. The predicted octanol–water partition coefficient (Wildman–Crippen LogP) is 2.79. The van der Waals surface area contributed by atoms with Gasteiger partial charge in [-0.1, -0.05) is 12.8 Å². The summed E-state index contributed by atoms with van der Waals surface area (Å²) in [5.41, 5.74) is 6.72. The molecule has 1 fully saturated rings. The van der Waals surface area contributed by atoms with Crippen LogP contribution in [0.1, 0.15) is 37.4 Å². The molecule has 1 aromatic heterocycles. The first-order valence-corrected chi connectivity index (χ1v) is 6.21. The summed E-state index contributed by atoms with van der Waals surface area (Å²) in [6.45, 7) is 0. The summed E-state index contributed by atoms with van der Waals surface area (Å²) in [5.74, 6) is -1.81. The molecule has 2 rings (SSSR count). The lowest BCUT2D eigenvalue weighted by Gasteiger charge is -2.36. The highest BCUT2D eigenvalue weighted by Crippen LogP contribution is 2.45. The van der Waals surface area contributed by atoms with Gasteiger partial charge in [0.15, 0.2) is 0 Å². The first kappa shape index (κ1) is 13.4. The largest absolute Gasteiger partial charge is 0.392 e. The van der Waals surface area contributed by atoms with Crippen molar-refractivity contribution in [1.82, 2.24) is 9.78 Å². The smallest absolute Gasteiger partial charge is 0.322 e. The van der Waals surface area contributed by atoms with Crippen molar-refractivity contribution in [1.29, 1.82) is 0 Å². The van der Waals surface area contributed by atoms with Crippen LogP contribution in [0.5, 0.6) is 0 Å². The Bertz CT molecular complexity index is 400. The predicted molar refractivity (Wildman–Crippen MR) is 61.6 cm³/mol. The van der Waals surface area contributed by atoms with E-state index in [4.69, 9.17) is 5.73 Å². The second-order valence-electron chi connectivity index (χ2n) is 5.00. The van der Waals surface area contributed by atoms with Gasteiger partial charge < -0.3 is 5.73 Å². The van der Waals surface area contributed by atoms with Gasteiger partial charge in [0.05, 0.1) is 17.7 Å². The summed E-state index contributed by atoms with van der Waals surface area (Å²) < 4.78 is 40.6. The highest BCUT2D eigenvalue weighted by atomic mass is 19.4. The zero-order chi connectivity index (χ0) is 13.3. The molecular formula is C12H18F3N3. The third-order valence-corrected chi connectivity index (χ3v) is 3.90. The van der Waals surface area contributed by atoms with E-state index >= 15 is 0 Å². The topological polar surface area (TPSA) is 43.8 Å². The fourth-order valence-corrected chi connectivity index (χ4v) is 2.93. The molecular weight excluding hydrogens is 243 g/mol. The van der Waals surface area contributed by atoms with Gasteiger partial charge in [-0.25, -0.2) is 0 Å². The van der Waals surface area contributed by atoms with Crippen LogP contribution in [0.15, 0.2) is 12.3 Å². The quantitative estimate of drug-likeness (QED) is 0.889. The van der Waals surface area contributed by atoms with Crippen molar-refractivity contribution in [3.05, 3.63) is 18.0 Å². The van der Waals surface area contributed by atoms with E-state index in [-0.39, 0.29) is 6.42 Å². The van der Waals surface area contributed by atoms with Gasteiger partial charge in [-0.2, -0.15) is 18.3 Å². The molecule has 102 valence electrons. The van der Waals surface area contributed by atoms with E-state index < -0.39 is 24.1 Å². The fourth-order valence-electron chi connectivity index (χ4n) is 2.93. The number of nitrogens with two attached hydrogens (primary N) is 1. The van der Waals surface area contributed by atoms with Gasteiger partial charge >= 0.3 is 6.18 Å². The molecule has 0 amide bonds. The number of aromatic nitrogens is 2. The van der Waals surface area contributed by atoms with Gasteiger partial charge in [-0.3, -0.25) is 4.68 Å². The van der Waals surface area contributed by atoms with Gasteiger partial charge in [0, 0.05) is 13.2 Å². The Morgan fingerprint density at radius 1 is 1.39 bits per heavy atom. The second kappa shape index (κ2) is 4.91. The highest BCUT2D eigenvalue weighted by molar-refractivity contribution is 5.09. The van der Waals surface area contributed by atoms with Crippen LogP contribution in [0.3, 0.4) is 0 Å². The van der Waals surface area contributed by atoms with Crippen molar-refractivity contribution in [2.45, 2.75) is 37.9 Å². The van der Waals surface area contributed by atoms with Crippen LogP contribution in [-0.4, -0.2) is 16.0 Å². The van der Waals surface area contributed by atoms with Crippen molar-refractivity contribution in [3.8, 4) is 0 Å². The first-order valence-electron chi connectivity index (χ1n) is 6.21. The molecule has 0 bridgehead atoms. The lowest BCUT2D eigenvalue weighted by Crippen LogP contribution is -2.39. The molecule has 3 nitrogen and oxygen atoms in total. The van der Waals surface area contributed by atoms with E-state index in [1.165, 1.54) is 0 Å². The van der Waals surface area contributed by atoms with Crippen LogP contribution >= 0.6 is 0 Å². The van der Waals surface area contributed by atoms with Gasteiger partial charge in [0.2, 0.25) is 0 Å². The summed E-state index contributed by atoms with van der Waals surface area (Å²) in [4.78, 5) is 0. The maximum Gasteiger partial charge on any atom is 0.392 e. The number of hydrogen-bond acceptors (Lipinski definition) is 2. The maximum atomic E-state index is 13.0. The Labute approximate surface area is 104 Å². The lowest BCUT2D eigenvalue weighted by molar-refractivity contribution is -0.198. The minimum Gasteiger partial charge on any atom is -0.322 e. The van der Waals surface area contributed by atoms with E-state index in [0.717, 1.165) is 6.42 Å². The zero-order valence-electron chi connectivity index (χ0n) is 10.3. The van der Waals surface area contributed by atoms with Crippen LogP contribution in [-0.2, 0) is 7.05 Å². The van der Waals surface area contributed by atoms with Gasteiger partial charge in [0.25, 0.3) is 0 Å². The molecule has 0 saturated heterocycles. The SMILES string of the molecule is Cn1nccc1C(N)C1CCCCC1C(F)(F)F. The summed E-state index contributed by atoms with van der Waals surface area (Å²) in [6, 6.07) is 1.11. The number of aryl methyl sites for hydroxylation is 1. The van der Waals surface area contributed by atoms with Gasteiger partial charge in [-0.05, 0) is 24.8 Å². The van der Waals surface area contributed by atoms with Crippen LogP contribution in [0.25, 0.3) is 0 Å². The van der Waals surface area contributed by atoms with Gasteiger partial charge in [0.1, 0.15) is 0 Å². The summed E-state index contributed by atoms with van der Waals surface area (Å²) >= 11 is 0. The molecule has 1 aromatic rings. The normalized spacial score (nSPS) is 27.2. The van der Waals surface area contributed by atoms with E-state index in [1.807, 2.05) is 0 Å². The molecule has 1 aliphatic carbocycles. The highest BCUT2D eigenvalue weighted by Gasteiger charge is 2.47. The monoisotopic (exact) mass is 261 g/mol. The molecule has 0 spiro atoms. The summed E-state index contributed by atoms with van der Waals surface area (Å²) in [5, 5.41) is 3.98. The molecule has 3 unspecified atom stereocenters. The van der Waals surface area contributed by atoms with Crippen LogP contribution in [0.4, 0.5) is 13.2 Å². The molecule has 1 heterocycles. The molecule has 2 N–H and O–H groups in total. The molecule has 3 atom stereocenters. The molecule has 0 aromatic carbocycles. The number of halogens is 3. The van der Waals surface area contributed by atoms with Crippen LogP contribution < -0.4 is 5.73 Å². The van der Waals surface area contributed by atoms with Gasteiger partial charge in [-0.15, -0.1) is 0 Å². The minimum atomic E-state index is -4.15. The molecule has 6 heteroatoms. The number of alkyl halides is 3. The number of hydrogen-bond donors (Lipinski definition) is 1. The van der Waals surface area contributed by atoms with E-state index in [1.54, 1.807) is 24.0 Å². The molecule has 0 aliphatic heterocycles. The Morgan fingerprint density at radius 2 is 2.06 bits per heavy atom. The Morgan fingerprint density at radius 3 is 2.61 bits per heavy atom.